The molecule has 4 rings (SSSR count). The molecule has 8 heteroatoms. The quantitative estimate of drug-likeness (QED) is 0.711. The van der Waals surface area contributed by atoms with E-state index in [1.165, 1.54) is 0 Å². The number of anilines is 1. The Labute approximate surface area is 145 Å². The number of nitrogens with zero attached hydrogens (tertiary/aromatic N) is 7. The Morgan fingerprint density at radius 2 is 1.92 bits per heavy atom. The molecule has 1 saturated heterocycles. The van der Waals surface area contributed by atoms with Crippen molar-refractivity contribution in [1.82, 2.24) is 29.6 Å². The molecule has 0 aliphatic carbocycles. The number of hydrogen-bond donors (Lipinski definition) is 0. The highest BCUT2D eigenvalue weighted by molar-refractivity contribution is 5.46. The van der Waals surface area contributed by atoms with Crippen LogP contribution in [0.2, 0.25) is 0 Å². The maximum absolute atomic E-state index is 12.1. The zero-order valence-corrected chi connectivity index (χ0v) is 14.6. The zero-order valence-electron chi connectivity index (χ0n) is 14.6. The van der Waals surface area contributed by atoms with Crippen molar-refractivity contribution >= 4 is 11.5 Å². The first-order chi connectivity index (χ1) is 11.9. The molecule has 130 valence electrons. The Kier molecular flexibility index (Phi) is 3.55. The molecule has 0 radical (unpaired) electrons. The molecular formula is C17H21N7O. The van der Waals surface area contributed by atoms with E-state index in [9.17, 15) is 4.79 Å². The predicted octanol–water partition coefficient (Wildman–Crippen LogP) is 1.11. The lowest BCUT2D eigenvalue weighted by Crippen LogP contribution is -2.50. The van der Waals surface area contributed by atoms with Crippen LogP contribution in [0.3, 0.4) is 0 Å². The Hall–Kier alpha value is -2.77. The average Bonchev–Trinajstić information content (AvgIpc) is 2.98. The highest BCUT2D eigenvalue weighted by Crippen LogP contribution is 2.24. The van der Waals surface area contributed by atoms with Crippen molar-refractivity contribution in [1.29, 1.82) is 0 Å². The summed E-state index contributed by atoms with van der Waals surface area (Å²) in [4.78, 5) is 14.3. The molecule has 4 heterocycles. The minimum absolute atomic E-state index is 0.0458. The maximum atomic E-state index is 12.1. The van der Waals surface area contributed by atoms with Gasteiger partial charge in [0.2, 0.25) is 0 Å². The lowest BCUT2D eigenvalue weighted by molar-refractivity contribution is 0.327. The van der Waals surface area contributed by atoms with Gasteiger partial charge in [0.1, 0.15) is 12.1 Å². The molecule has 0 spiro atoms. The van der Waals surface area contributed by atoms with Gasteiger partial charge in [0.25, 0.3) is 5.56 Å². The van der Waals surface area contributed by atoms with Crippen LogP contribution in [-0.2, 0) is 12.0 Å². The topological polar surface area (TPSA) is 81.2 Å². The summed E-state index contributed by atoms with van der Waals surface area (Å²) in [7, 11) is 0. The van der Waals surface area contributed by atoms with E-state index in [0.717, 1.165) is 30.2 Å². The normalized spacial score (nSPS) is 15.6. The lowest BCUT2D eigenvalue weighted by atomic mass is 9.92. The van der Waals surface area contributed by atoms with Gasteiger partial charge in [-0.3, -0.25) is 4.79 Å². The molecule has 25 heavy (non-hydrogen) atoms. The summed E-state index contributed by atoms with van der Waals surface area (Å²) in [5, 5.41) is 16.8. The van der Waals surface area contributed by atoms with E-state index in [4.69, 9.17) is 0 Å². The minimum atomic E-state index is -0.0702. The van der Waals surface area contributed by atoms with Gasteiger partial charge in [-0.1, -0.05) is 20.8 Å². The molecule has 0 saturated carbocycles. The SMILES string of the molecule is CC(C)(C)c1ccc(=O)n(CC2CN(c3ccc4nncn4n3)C2)n1. The molecule has 8 nitrogen and oxygen atoms in total. The molecule has 0 N–H and O–H groups in total. The second-order valence-electron chi connectivity index (χ2n) is 7.59. The first-order valence-corrected chi connectivity index (χ1v) is 8.41. The molecule has 1 aliphatic heterocycles. The van der Waals surface area contributed by atoms with Crippen LogP contribution in [0.1, 0.15) is 26.5 Å². The van der Waals surface area contributed by atoms with Crippen molar-refractivity contribution < 1.29 is 0 Å². The van der Waals surface area contributed by atoms with Gasteiger partial charge in [-0.05, 0) is 18.2 Å². The smallest absolute Gasteiger partial charge is 0.266 e. The Balaban J connectivity index is 1.45. The van der Waals surface area contributed by atoms with Crippen LogP contribution in [0.15, 0.2) is 35.4 Å². The Morgan fingerprint density at radius 1 is 1.12 bits per heavy atom. The fourth-order valence-corrected chi connectivity index (χ4v) is 2.98. The average molecular weight is 339 g/mol. The Bertz CT molecular complexity index is 963. The van der Waals surface area contributed by atoms with Crippen molar-refractivity contribution in [3.05, 3.63) is 46.6 Å². The minimum Gasteiger partial charge on any atom is -0.354 e. The van der Waals surface area contributed by atoms with Crippen LogP contribution >= 0.6 is 0 Å². The van der Waals surface area contributed by atoms with Crippen LogP contribution in [0.5, 0.6) is 0 Å². The van der Waals surface area contributed by atoms with Crippen LogP contribution < -0.4 is 10.5 Å². The second kappa shape index (κ2) is 5.65. The highest BCUT2D eigenvalue weighted by atomic mass is 16.1. The van der Waals surface area contributed by atoms with Gasteiger partial charge in [0.05, 0.1) is 12.2 Å². The number of rotatable bonds is 3. The third-order valence-electron chi connectivity index (χ3n) is 4.49. The molecule has 3 aromatic rings. The first kappa shape index (κ1) is 15.7. The summed E-state index contributed by atoms with van der Waals surface area (Å²) >= 11 is 0. The largest absolute Gasteiger partial charge is 0.354 e. The summed E-state index contributed by atoms with van der Waals surface area (Å²) in [5.41, 5.74) is 1.55. The molecule has 0 atom stereocenters. The van der Waals surface area contributed by atoms with Gasteiger partial charge in [-0.2, -0.15) is 9.61 Å². The fourth-order valence-electron chi connectivity index (χ4n) is 2.98. The monoisotopic (exact) mass is 339 g/mol. The molecule has 0 aromatic carbocycles. The molecule has 1 fully saturated rings. The molecule has 3 aromatic heterocycles. The summed E-state index contributed by atoms with van der Waals surface area (Å²) < 4.78 is 3.26. The van der Waals surface area contributed by atoms with E-state index in [2.05, 4.69) is 46.1 Å². The van der Waals surface area contributed by atoms with E-state index in [1.807, 2.05) is 18.2 Å². The molecule has 0 amide bonds. The molecule has 0 bridgehead atoms. The van der Waals surface area contributed by atoms with Crippen molar-refractivity contribution in [3.8, 4) is 0 Å². The van der Waals surface area contributed by atoms with Crippen molar-refractivity contribution in [2.75, 3.05) is 18.0 Å². The van der Waals surface area contributed by atoms with Gasteiger partial charge in [0, 0.05) is 30.5 Å². The van der Waals surface area contributed by atoms with Crippen molar-refractivity contribution in [2.45, 2.75) is 32.7 Å². The highest BCUT2D eigenvalue weighted by Gasteiger charge is 2.29. The van der Waals surface area contributed by atoms with Crippen molar-refractivity contribution in [2.24, 2.45) is 5.92 Å². The summed E-state index contributed by atoms with van der Waals surface area (Å²) in [6, 6.07) is 7.29. The lowest BCUT2D eigenvalue weighted by Gasteiger charge is -2.40. The predicted molar refractivity (Wildman–Crippen MR) is 93.7 cm³/mol. The summed E-state index contributed by atoms with van der Waals surface area (Å²) in [6.07, 6.45) is 1.59. The van der Waals surface area contributed by atoms with E-state index in [-0.39, 0.29) is 11.0 Å². The standard InChI is InChI=1S/C17H21N7O/c1-17(2,3)13-4-7-16(25)23(20-13)10-12-8-22(9-12)15-6-5-14-19-18-11-24(14)21-15/h4-7,11-12H,8-10H2,1-3H3. The van der Waals surface area contributed by atoms with E-state index in [1.54, 1.807) is 21.6 Å². The van der Waals surface area contributed by atoms with E-state index < -0.39 is 0 Å². The van der Waals surface area contributed by atoms with E-state index >= 15 is 0 Å². The zero-order chi connectivity index (χ0) is 17.6. The van der Waals surface area contributed by atoms with Gasteiger partial charge >= 0.3 is 0 Å². The number of fused-ring (bicyclic) bond motifs is 1. The fraction of sp³-hybridized carbons (Fsp3) is 0.471. The van der Waals surface area contributed by atoms with Gasteiger partial charge in [-0.25, -0.2) is 4.68 Å². The maximum Gasteiger partial charge on any atom is 0.266 e. The number of hydrogen-bond acceptors (Lipinski definition) is 6. The van der Waals surface area contributed by atoms with E-state index in [0.29, 0.717) is 12.5 Å². The van der Waals surface area contributed by atoms with Gasteiger partial charge in [-0.15, -0.1) is 15.3 Å². The summed E-state index contributed by atoms with van der Waals surface area (Å²) in [5.74, 6) is 1.28. The van der Waals surface area contributed by atoms with Crippen molar-refractivity contribution in [3.63, 3.8) is 0 Å². The van der Waals surface area contributed by atoms with Crippen LogP contribution in [0.25, 0.3) is 5.65 Å². The first-order valence-electron chi connectivity index (χ1n) is 8.41. The third-order valence-corrected chi connectivity index (χ3v) is 4.49. The molecular weight excluding hydrogens is 318 g/mol. The third kappa shape index (κ3) is 2.99. The Morgan fingerprint density at radius 3 is 2.68 bits per heavy atom. The molecule has 1 aliphatic rings. The summed E-state index contributed by atoms with van der Waals surface area (Å²) in [6.45, 7) is 8.64. The van der Waals surface area contributed by atoms with Gasteiger partial charge < -0.3 is 4.90 Å². The second-order valence-corrected chi connectivity index (χ2v) is 7.59. The number of aromatic nitrogens is 6. The van der Waals surface area contributed by atoms with Crippen LogP contribution in [0.4, 0.5) is 5.82 Å². The van der Waals surface area contributed by atoms with Crippen LogP contribution in [-0.4, -0.2) is 42.7 Å². The molecule has 0 unspecified atom stereocenters. The van der Waals surface area contributed by atoms with Gasteiger partial charge in [0.15, 0.2) is 5.65 Å². The van der Waals surface area contributed by atoms with Crippen LogP contribution in [0, 0.1) is 5.92 Å².